The summed E-state index contributed by atoms with van der Waals surface area (Å²) in [6, 6.07) is 0. The molecule has 1 aromatic rings. The molecule has 5 nitrogen and oxygen atoms in total. The predicted octanol–water partition coefficient (Wildman–Crippen LogP) is 3.17. The minimum atomic E-state index is -1.04. The van der Waals surface area contributed by atoms with E-state index in [0.29, 0.717) is 36.8 Å². The maximum absolute atomic E-state index is 12.0. The van der Waals surface area contributed by atoms with Gasteiger partial charge in [0, 0.05) is 24.2 Å². The highest BCUT2D eigenvalue weighted by atomic mass is 16.3. The van der Waals surface area contributed by atoms with Gasteiger partial charge >= 0.3 is 0 Å². The van der Waals surface area contributed by atoms with Crippen molar-refractivity contribution in [2.75, 3.05) is 0 Å². The monoisotopic (exact) mass is 382 g/mol. The highest BCUT2D eigenvalue weighted by molar-refractivity contribution is 5.91. The molecular formula is C23H30N2O3. The van der Waals surface area contributed by atoms with Crippen molar-refractivity contribution >= 4 is 5.78 Å². The summed E-state index contributed by atoms with van der Waals surface area (Å²) < 4.78 is 0. The first-order valence-corrected chi connectivity index (χ1v) is 10.7. The zero-order valence-corrected chi connectivity index (χ0v) is 16.8. The third kappa shape index (κ3) is 2.23. The fourth-order valence-electron chi connectivity index (χ4n) is 7.63. The van der Waals surface area contributed by atoms with E-state index in [0.717, 1.165) is 25.7 Å². The second-order valence-electron chi connectivity index (χ2n) is 10.1. The number of aliphatic hydroxyl groups is 2. The average molecular weight is 383 g/mol. The topological polar surface area (TPSA) is 83.3 Å². The largest absolute Gasteiger partial charge is 0.393 e. The van der Waals surface area contributed by atoms with Gasteiger partial charge in [0.25, 0.3) is 0 Å². The summed E-state index contributed by atoms with van der Waals surface area (Å²) in [6.45, 7) is 4.41. The molecule has 0 amide bonds. The molecule has 1 heterocycles. The van der Waals surface area contributed by atoms with E-state index >= 15 is 0 Å². The smallest absolute Gasteiger partial charge is 0.155 e. The molecule has 150 valence electrons. The number of rotatable bonds is 1. The van der Waals surface area contributed by atoms with Crippen LogP contribution >= 0.6 is 0 Å². The number of carbonyl (C=O) groups excluding carboxylic acids is 1. The molecule has 28 heavy (non-hydrogen) atoms. The van der Waals surface area contributed by atoms with E-state index in [9.17, 15) is 15.0 Å². The molecule has 0 unspecified atom stereocenters. The quantitative estimate of drug-likeness (QED) is 0.779. The Morgan fingerprint density at radius 3 is 2.71 bits per heavy atom. The van der Waals surface area contributed by atoms with Crippen LogP contribution in [-0.4, -0.2) is 32.1 Å². The van der Waals surface area contributed by atoms with Crippen LogP contribution in [0.5, 0.6) is 0 Å². The van der Waals surface area contributed by atoms with E-state index in [-0.39, 0.29) is 17.1 Å². The molecule has 4 aliphatic carbocycles. The van der Waals surface area contributed by atoms with Gasteiger partial charge in [-0.25, -0.2) is 0 Å². The number of fused-ring (bicyclic) bond motifs is 5. The standard InChI is InChI=1S/C23H30N2O3/c1-21-7-5-15(26)11-14(21)3-4-16-17-6-8-23(28,19-13-24-9-10-25-19)22(17,2)12-18(27)20(16)21/h9-11,13,16-18,20,27-28H,3-8,12H2,1-2H3/t16-,17-,18-,20+,21-,22-,23-/m0/s1. The SMILES string of the molecule is C[C@]12CCC(=O)C=C1CC[C@@H]1[C@@H]2[C@@H](O)C[C@@]2(C)[C@H]1CC[C@]2(O)c1cnccn1. The van der Waals surface area contributed by atoms with Crippen molar-refractivity contribution in [3.63, 3.8) is 0 Å². The molecule has 2 N–H and O–H groups in total. The Kier molecular flexibility index (Phi) is 3.92. The number of aliphatic hydroxyl groups excluding tert-OH is 1. The van der Waals surface area contributed by atoms with E-state index in [1.54, 1.807) is 18.6 Å². The third-order valence-electron chi connectivity index (χ3n) is 9.04. The van der Waals surface area contributed by atoms with Gasteiger partial charge < -0.3 is 10.2 Å². The zero-order valence-electron chi connectivity index (χ0n) is 16.8. The molecule has 3 saturated carbocycles. The number of ketones is 1. The Labute approximate surface area is 166 Å². The van der Waals surface area contributed by atoms with Crippen LogP contribution in [0.3, 0.4) is 0 Å². The van der Waals surface area contributed by atoms with E-state index in [1.807, 2.05) is 6.08 Å². The maximum Gasteiger partial charge on any atom is 0.155 e. The lowest BCUT2D eigenvalue weighted by Gasteiger charge is -2.60. The lowest BCUT2D eigenvalue weighted by atomic mass is 9.45. The number of allylic oxidation sites excluding steroid dienone is 1. The van der Waals surface area contributed by atoms with Crippen LogP contribution in [0.1, 0.15) is 64.5 Å². The molecule has 5 heteroatoms. The van der Waals surface area contributed by atoms with Gasteiger partial charge in [-0.2, -0.15) is 0 Å². The van der Waals surface area contributed by atoms with Gasteiger partial charge in [0.2, 0.25) is 0 Å². The molecule has 3 fully saturated rings. The van der Waals surface area contributed by atoms with E-state index in [2.05, 4.69) is 23.8 Å². The normalized spacial score (nSPS) is 47.7. The van der Waals surface area contributed by atoms with Crippen molar-refractivity contribution < 1.29 is 15.0 Å². The molecular weight excluding hydrogens is 352 g/mol. The van der Waals surface area contributed by atoms with Gasteiger partial charge in [0.05, 0.1) is 18.0 Å². The summed E-state index contributed by atoms with van der Waals surface area (Å²) in [5.41, 5.74) is 0.333. The Bertz CT molecular complexity index is 840. The molecule has 4 aliphatic rings. The second-order valence-corrected chi connectivity index (χ2v) is 10.1. The lowest BCUT2D eigenvalue weighted by molar-refractivity contribution is -0.176. The van der Waals surface area contributed by atoms with E-state index in [4.69, 9.17) is 0 Å². The van der Waals surface area contributed by atoms with Crippen LogP contribution < -0.4 is 0 Å². The third-order valence-corrected chi connectivity index (χ3v) is 9.04. The first-order chi connectivity index (χ1) is 13.3. The highest BCUT2D eigenvalue weighted by Gasteiger charge is 2.67. The number of nitrogens with zero attached hydrogens (tertiary/aromatic N) is 2. The molecule has 0 spiro atoms. The predicted molar refractivity (Wildman–Crippen MR) is 104 cm³/mol. The minimum absolute atomic E-state index is 0.0924. The molecule has 0 bridgehead atoms. The highest BCUT2D eigenvalue weighted by Crippen LogP contribution is 2.69. The summed E-state index contributed by atoms with van der Waals surface area (Å²) in [5.74, 6) is 1.13. The van der Waals surface area contributed by atoms with Crippen molar-refractivity contribution in [3.05, 3.63) is 35.9 Å². The van der Waals surface area contributed by atoms with E-state index in [1.165, 1.54) is 5.57 Å². The van der Waals surface area contributed by atoms with Crippen LogP contribution in [0.25, 0.3) is 0 Å². The molecule has 1 aromatic heterocycles. The lowest BCUT2D eigenvalue weighted by Crippen LogP contribution is -2.59. The second kappa shape index (κ2) is 5.96. The maximum atomic E-state index is 12.0. The summed E-state index contributed by atoms with van der Waals surface area (Å²) >= 11 is 0. The van der Waals surface area contributed by atoms with Gasteiger partial charge in [-0.1, -0.05) is 19.4 Å². The minimum Gasteiger partial charge on any atom is -0.393 e. The molecule has 0 aromatic carbocycles. The molecule has 0 radical (unpaired) electrons. The van der Waals surface area contributed by atoms with Crippen LogP contribution in [0.15, 0.2) is 30.2 Å². The number of hydrogen-bond donors (Lipinski definition) is 2. The van der Waals surface area contributed by atoms with Crippen molar-refractivity contribution in [2.24, 2.45) is 28.6 Å². The van der Waals surface area contributed by atoms with E-state index < -0.39 is 17.1 Å². The summed E-state index contributed by atoms with van der Waals surface area (Å²) in [6.07, 6.45) is 11.9. The van der Waals surface area contributed by atoms with Crippen molar-refractivity contribution in [1.29, 1.82) is 0 Å². The van der Waals surface area contributed by atoms with Crippen molar-refractivity contribution in [1.82, 2.24) is 9.97 Å². The van der Waals surface area contributed by atoms with Crippen LogP contribution in [0, 0.1) is 28.6 Å². The average Bonchev–Trinajstić information content (AvgIpc) is 2.94. The summed E-state index contributed by atoms with van der Waals surface area (Å²) in [5, 5.41) is 23.2. The molecule has 5 rings (SSSR count). The fourth-order valence-corrected chi connectivity index (χ4v) is 7.63. The van der Waals surface area contributed by atoms with Gasteiger partial charge in [0.1, 0.15) is 5.60 Å². The van der Waals surface area contributed by atoms with Gasteiger partial charge in [-0.3, -0.25) is 14.8 Å². The van der Waals surface area contributed by atoms with Crippen LogP contribution in [0.4, 0.5) is 0 Å². The Balaban J connectivity index is 1.55. The summed E-state index contributed by atoms with van der Waals surface area (Å²) in [4.78, 5) is 20.6. The Morgan fingerprint density at radius 2 is 1.96 bits per heavy atom. The van der Waals surface area contributed by atoms with Gasteiger partial charge in [-0.05, 0) is 67.8 Å². The number of carbonyl (C=O) groups is 1. The zero-order chi connectivity index (χ0) is 19.7. The first-order valence-electron chi connectivity index (χ1n) is 10.7. The van der Waals surface area contributed by atoms with Crippen LogP contribution in [-0.2, 0) is 10.4 Å². The summed E-state index contributed by atoms with van der Waals surface area (Å²) in [7, 11) is 0. The van der Waals surface area contributed by atoms with Gasteiger partial charge in [-0.15, -0.1) is 0 Å². The Morgan fingerprint density at radius 1 is 1.14 bits per heavy atom. The van der Waals surface area contributed by atoms with Gasteiger partial charge in [0.15, 0.2) is 5.78 Å². The van der Waals surface area contributed by atoms with Crippen LogP contribution in [0.2, 0.25) is 0 Å². The molecule has 7 atom stereocenters. The van der Waals surface area contributed by atoms with Crippen molar-refractivity contribution in [2.45, 2.75) is 70.5 Å². The molecule has 0 saturated heterocycles. The Hall–Kier alpha value is -1.59. The molecule has 0 aliphatic heterocycles. The first kappa shape index (κ1) is 18.4. The van der Waals surface area contributed by atoms with Crippen molar-refractivity contribution in [3.8, 4) is 0 Å². The number of aromatic nitrogens is 2. The number of hydrogen-bond acceptors (Lipinski definition) is 5. The fraction of sp³-hybridized carbons (Fsp3) is 0.696.